The van der Waals surface area contributed by atoms with E-state index in [0.717, 1.165) is 38.2 Å². The van der Waals surface area contributed by atoms with Gasteiger partial charge in [0.2, 0.25) is 0 Å². The second-order valence-corrected chi connectivity index (χ2v) is 11.4. The van der Waals surface area contributed by atoms with E-state index in [1.54, 1.807) is 4.57 Å². The Kier molecular flexibility index (Phi) is 9.21. The highest BCUT2D eigenvalue weighted by molar-refractivity contribution is 7.53. The number of nitrogens with zero attached hydrogens (tertiary/aromatic N) is 1. The second kappa shape index (κ2) is 11.5. The molecule has 0 aliphatic heterocycles. The number of fused-ring (bicyclic) bond motifs is 1. The lowest BCUT2D eigenvalue weighted by Gasteiger charge is -2.39. The fraction of sp³-hybridized carbons (Fsp3) is 0.654. The van der Waals surface area contributed by atoms with Crippen molar-refractivity contribution < 1.29 is 32.3 Å². The fourth-order valence-electron chi connectivity index (χ4n) is 5.53. The topological polar surface area (TPSA) is 101 Å². The molecule has 3 rings (SSSR count). The lowest BCUT2D eigenvalue weighted by molar-refractivity contribution is -0.180. The van der Waals surface area contributed by atoms with Crippen LogP contribution in [0.15, 0.2) is 23.1 Å². The molecule has 0 amide bonds. The highest BCUT2D eigenvalue weighted by Gasteiger charge is 2.67. The molecule has 1 aliphatic carbocycles. The van der Waals surface area contributed by atoms with Crippen molar-refractivity contribution in [1.82, 2.24) is 4.57 Å². The molecule has 37 heavy (non-hydrogen) atoms. The summed E-state index contributed by atoms with van der Waals surface area (Å²) in [5.74, 6) is -0.691. The zero-order valence-corrected chi connectivity index (χ0v) is 22.8. The van der Waals surface area contributed by atoms with Crippen molar-refractivity contribution in [2.45, 2.75) is 102 Å². The van der Waals surface area contributed by atoms with Gasteiger partial charge in [-0.3, -0.25) is 9.36 Å². The summed E-state index contributed by atoms with van der Waals surface area (Å²) >= 11 is 0. The van der Waals surface area contributed by atoms with Crippen LogP contribution >= 0.6 is 7.60 Å². The predicted octanol–water partition coefficient (Wildman–Crippen LogP) is 6.66. The van der Waals surface area contributed by atoms with Gasteiger partial charge < -0.3 is 24.4 Å². The Morgan fingerprint density at radius 1 is 1.14 bits per heavy atom. The molecule has 2 aromatic rings. The number of ether oxygens (including phenoxy) is 1. The van der Waals surface area contributed by atoms with Gasteiger partial charge in [0, 0.05) is 30.3 Å². The summed E-state index contributed by atoms with van der Waals surface area (Å²) in [6.07, 6.45) is 6.82. The Morgan fingerprint density at radius 3 is 2.27 bits per heavy atom. The van der Waals surface area contributed by atoms with Crippen molar-refractivity contribution in [3.05, 3.63) is 39.9 Å². The van der Waals surface area contributed by atoms with E-state index >= 15 is 13.2 Å². The van der Waals surface area contributed by atoms with Gasteiger partial charge >= 0.3 is 13.3 Å². The molecule has 0 spiro atoms. The molecule has 1 aromatic carbocycles. The highest BCUT2D eigenvalue weighted by Crippen LogP contribution is 2.63. The average molecular weight is 547 g/mol. The summed E-state index contributed by atoms with van der Waals surface area (Å²) in [7, 11) is -6.06. The summed E-state index contributed by atoms with van der Waals surface area (Å²) in [5.41, 5.74) is -8.55. The Hall–Kier alpha value is -1.87. The first-order valence-electron chi connectivity index (χ1n) is 13.1. The molecule has 1 fully saturated rings. The minimum Gasteiger partial charge on any atom is -0.380 e. The van der Waals surface area contributed by atoms with Gasteiger partial charge in [0.15, 0.2) is 11.0 Å². The van der Waals surface area contributed by atoms with Crippen molar-refractivity contribution in [2.24, 2.45) is 0 Å². The molecular weight excluding hydrogens is 508 g/mol. The average Bonchev–Trinajstić information content (AvgIpc) is 2.85. The van der Waals surface area contributed by atoms with Crippen molar-refractivity contribution >= 4 is 24.2 Å². The number of anilines is 1. The van der Waals surface area contributed by atoms with E-state index in [4.69, 9.17) is 4.74 Å². The first-order chi connectivity index (χ1) is 17.4. The number of halogens is 3. The Bertz CT molecular complexity index is 1200. The van der Waals surface area contributed by atoms with Crippen LogP contribution in [-0.2, 0) is 14.9 Å². The maximum Gasteiger partial charge on any atom is 0.398 e. The third kappa shape index (κ3) is 5.35. The fourth-order valence-corrected chi connectivity index (χ4v) is 6.35. The number of hydrogen-bond donors (Lipinski definition) is 3. The van der Waals surface area contributed by atoms with Gasteiger partial charge in [-0.1, -0.05) is 40.0 Å². The third-order valence-corrected chi connectivity index (χ3v) is 8.69. The first-order valence-corrected chi connectivity index (χ1v) is 14.7. The Labute approximate surface area is 215 Å². The van der Waals surface area contributed by atoms with Crippen molar-refractivity contribution in [2.75, 3.05) is 11.9 Å². The minimum absolute atomic E-state index is 0.0981. The van der Waals surface area contributed by atoms with Gasteiger partial charge in [-0.15, -0.1) is 0 Å². The number of nitrogens with one attached hydrogen (secondary N) is 1. The van der Waals surface area contributed by atoms with Gasteiger partial charge in [-0.05, 0) is 51.2 Å². The number of rotatable bonds is 11. The predicted molar refractivity (Wildman–Crippen MR) is 139 cm³/mol. The van der Waals surface area contributed by atoms with E-state index in [1.807, 2.05) is 13.8 Å². The van der Waals surface area contributed by atoms with E-state index in [0.29, 0.717) is 18.4 Å². The van der Waals surface area contributed by atoms with Crippen LogP contribution in [0.5, 0.6) is 0 Å². The van der Waals surface area contributed by atoms with Crippen LogP contribution in [0.4, 0.5) is 18.9 Å². The lowest BCUT2D eigenvalue weighted by atomic mass is 9.89. The summed E-state index contributed by atoms with van der Waals surface area (Å²) in [6, 6.07) is 2.43. The summed E-state index contributed by atoms with van der Waals surface area (Å²) in [5, 5.41) is 3.10. The van der Waals surface area contributed by atoms with Crippen molar-refractivity contribution in [3.8, 4) is 0 Å². The van der Waals surface area contributed by atoms with Gasteiger partial charge in [-0.2, -0.15) is 8.78 Å². The van der Waals surface area contributed by atoms with Gasteiger partial charge in [0.05, 0.1) is 16.8 Å². The van der Waals surface area contributed by atoms with Crippen LogP contribution in [0.2, 0.25) is 0 Å². The van der Waals surface area contributed by atoms with E-state index in [-0.39, 0.29) is 29.8 Å². The molecule has 1 saturated carbocycles. The Balaban J connectivity index is 2.36. The molecule has 0 radical (unpaired) electrons. The largest absolute Gasteiger partial charge is 0.398 e. The molecule has 1 unspecified atom stereocenters. The smallest absolute Gasteiger partial charge is 0.380 e. The number of hydrogen-bond acceptors (Lipinski definition) is 4. The first kappa shape index (κ1) is 29.7. The monoisotopic (exact) mass is 546 g/mol. The zero-order chi connectivity index (χ0) is 27.6. The third-order valence-electron chi connectivity index (χ3n) is 7.60. The van der Waals surface area contributed by atoms with Crippen LogP contribution < -0.4 is 10.7 Å². The summed E-state index contributed by atoms with van der Waals surface area (Å²) < 4.78 is 65.3. The minimum atomic E-state index is -6.06. The molecule has 3 N–H and O–H groups in total. The van der Waals surface area contributed by atoms with E-state index in [2.05, 4.69) is 5.32 Å². The van der Waals surface area contributed by atoms with Crippen LogP contribution in [0, 0.1) is 5.82 Å². The quantitative estimate of drug-likeness (QED) is 0.273. The number of benzene rings is 1. The standard InChI is InChI=1S/C26H38F3N2O5P/c1-5-18(6-2)31-16-20(25(7-3,36-8-4)26(28,29)37(33,34)35)24(32)19-14-21(27)22(15-23(19)31)30-17-12-10-9-11-13-17/h14-18,30H,5-13H2,1-4H3,(H2,33,34,35). The molecule has 7 nitrogen and oxygen atoms in total. The molecule has 1 heterocycles. The SMILES string of the molecule is CCOC(CC)(c1cn(C(CC)CC)c2cc(NC3CCCCC3)c(F)cc2c1=O)C(F)(F)P(=O)(O)O. The van der Waals surface area contributed by atoms with Crippen LogP contribution in [-0.4, -0.2) is 32.7 Å². The van der Waals surface area contributed by atoms with E-state index in [1.165, 1.54) is 26.1 Å². The van der Waals surface area contributed by atoms with Crippen LogP contribution in [0.3, 0.4) is 0 Å². The van der Waals surface area contributed by atoms with E-state index < -0.39 is 42.1 Å². The van der Waals surface area contributed by atoms with Crippen LogP contribution in [0.25, 0.3) is 10.9 Å². The molecule has 0 bridgehead atoms. The number of alkyl halides is 2. The molecule has 1 aliphatic rings. The van der Waals surface area contributed by atoms with Gasteiger partial charge in [-0.25, -0.2) is 4.39 Å². The Morgan fingerprint density at radius 2 is 1.76 bits per heavy atom. The summed E-state index contributed by atoms with van der Waals surface area (Å²) in [6.45, 7) is 6.17. The van der Waals surface area contributed by atoms with Crippen LogP contribution in [0.1, 0.15) is 90.7 Å². The molecule has 1 atom stereocenters. The second-order valence-electron chi connectivity index (χ2n) is 9.78. The van der Waals surface area contributed by atoms with Gasteiger partial charge in [0.25, 0.3) is 0 Å². The maximum absolute atomic E-state index is 15.5. The maximum atomic E-state index is 15.5. The van der Waals surface area contributed by atoms with Crippen molar-refractivity contribution in [3.63, 3.8) is 0 Å². The number of pyridine rings is 1. The normalized spacial score (nSPS) is 17.4. The molecule has 11 heteroatoms. The van der Waals surface area contributed by atoms with Crippen molar-refractivity contribution in [1.29, 1.82) is 0 Å². The lowest BCUT2D eigenvalue weighted by Crippen LogP contribution is -2.50. The van der Waals surface area contributed by atoms with E-state index in [9.17, 15) is 19.1 Å². The molecule has 1 aromatic heterocycles. The number of aromatic nitrogens is 1. The van der Waals surface area contributed by atoms with Gasteiger partial charge in [0.1, 0.15) is 5.82 Å². The molecule has 0 saturated heterocycles. The summed E-state index contributed by atoms with van der Waals surface area (Å²) in [4.78, 5) is 33.0. The zero-order valence-electron chi connectivity index (χ0n) is 21.9. The highest BCUT2D eigenvalue weighted by atomic mass is 31.2. The molecular formula is C26H38F3N2O5P. The molecule has 208 valence electrons.